The van der Waals surface area contributed by atoms with Crippen molar-refractivity contribution < 1.29 is 19.4 Å². The number of carbonyl (C=O) groups is 1. The first-order chi connectivity index (χ1) is 15.4. The predicted octanol–water partition coefficient (Wildman–Crippen LogP) is 2.62. The molecule has 2 heterocycles. The summed E-state index contributed by atoms with van der Waals surface area (Å²) in [5, 5.41) is 10.1. The SMILES string of the molecule is CCOC(=O)C1=C(C)n2c(s/c(=C\c3ccccc3O)c2=O)=N[C@@H]1c1ccc(OC)cc1. The molecule has 3 aromatic rings. The fourth-order valence-electron chi connectivity index (χ4n) is 3.60. The number of hydrogen-bond donors (Lipinski definition) is 1. The molecule has 164 valence electrons. The van der Waals surface area contributed by atoms with Crippen LogP contribution in [0.5, 0.6) is 11.5 Å². The normalized spacial score (nSPS) is 15.8. The molecule has 7 nitrogen and oxygen atoms in total. The van der Waals surface area contributed by atoms with Gasteiger partial charge < -0.3 is 14.6 Å². The number of nitrogens with zero attached hydrogens (tertiary/aromatic N) is 2. The number of aromatic nitrogens is 1. The number of benzene rings is 2. The monoisotopic (exact) mass is 450 g/mol. The molecule has 8 heteroatoms. The molecule has 0 amide bonds. The van der Waals surface area contributed by atoms with Crippen LogP contribution in [0.15, 0.2) is 63.9 Å². The van der Waals surface area contributed by atoms with Crippen LogP contribution in [0, 0.1) is 0 Å². The molecule has 1 N–H and O–H groups in total. The summed E-state index contributed by atoms with van der Waals surface area (Å²) < 4.78 is 12.4. The van der Waals surface area contributed by atoms with Crippen LogP contribution in [0.25, 0.3) is 11.8 Å². The molecule has 2 aromatic carbocycles. The van der Waals surface area contributed by atoms with E-state index < -0.39 is 12.0 Å². The number of hydrogen-bond acceptors (Lipinski definition) is 7. The smallest absolute Gasteiger partial charge is 0.338 e. The number of para-hydroxylation sites is 1. The summed E-state index contributed by atoms with van der Waals surface area (Å²) in [6, 6.07) is 13.5. The van der Waals surface area contributed by atoms with E-state index >= 15 is 0 Å². The molecular formula is C24H22N2O5S. The van der Waals surface area contributed by atoms with Gasteiger partial charge in [-0.1, -0.05) is 41.7 Å². The third-order valence-electron chi connectivity index (χ3n) is 5.19. The minimum atomic E-state index is -0.615. The minimum absolute atomic E-state index is 0.0794. The molecule has 1 aliphatic heterocycles. The van der Waals surface area contributed by atoms with E-state index in [2.05, 4.69) is 0 Å². The van der Waals surface area contributed by atoms with Crippen molar-refractivity contribution in [2.45, 2.75) is 19.9 Å². The lowest BCUT2D eigenvalue weighted by Crippen LogP contribution is -2.35. The number of allylic oxidation sites excluding steroid dienone is 1. The third-order valence-corrected chi connectivity index (χ3v) is 6.18. The van der Waals surface area contributed by atoms with Crippen LogP contribution in [0.4, 0.5) is 0 Å². The van der Waals surface area contributed by atoms with E-state index in [1.165, 1.54) is 15.9 Å². The summed E-state index contributed by atoms with van der Waals surface area (Å²) in [6.07, 6.45) is 1.63. The van der Waals surface area contributed by atoms with Crippen molar-refractivity contribution in [2.24, 2.45) is 4.99 Å². The maximum Gasteiger partial charge on any atom is 0.338 e. The summed E-state index contributed by atoms with van der Waals surface area (Å²) in [6.45, 7) is 3.67. The molecule has 0 bridgehead atoms. The lowest BCUT2D eigenvalue weighted by atomic mass is 9.96. The molecule has 32 heavy (non-hydrogen) atoms. The quantitative estimate of drug-likeness (QED) is 0.604. The van der Waals surface area contributed by atoms with Gasteiger partial charge in [0, 0.05) is 11.3 Å². The van der Waals surface area contributed by atoms with E-state index in [1.807, 2.05) is 12.1 Å². The number of methoxy groups -OCH3 is 1. The summed E-state index contributed by atoms with van der Waals surface area (Å²) in [7, 11) is 1.58. The van der Waals surface area contributed by atoms with Gasteiger partial charge in [0.25, 0.3) is 5.56 Å². The molecule has 0 fully saturated rings. The summed E-state index contributed by atoms with van der Waals surface area (Å²) >= 11 is 1.21. The van der Waals surface area contributed by atoms with E-state index in [1.54, 1.807) is 63.4 Å². The Labute approximate surface area is 188 Å². The Morgan fingerprint density at radius 1 is 1.22 bits per heavy atom. The van der Waals surface area contributed by atoms with E-state index in [0.29, 0.717) is 31.9 Å². The second-order valence-electron chi connectivity index (χ2n) is 7.12. The summed E-state index contributed by atoms with van der Waals surface area (Å²) in [5.41, 5.74) is 1.81. The maximum absolute atomic E-state index is 13.2. The number of carbonyl (C=O) groups excluding carboxylic acids is 1. The number of phenols is 1. The highest BCUT2D eigenvalue weighted by molar-refractivity contribution is 7.07. The fourth-order valence-corrected chi connectivity index (χ4v) is 4.63. The molecule has 0 spiro atoms. The highest BCUT2D eigenvalue weighted by Crippen LogP contribution is 2.33. The van der Waals surface area contributed by atoms with Gasteiger partial charge in [0.05, 0.1) is 23.8 Å². The van der Waals surface area contributed by atoms with E-state index in [-0.39, 0.29) is 17.9 Å². The lowest BCUT2D eigenvalue weighted by Gasteiger charge is -2.22. The van der Waals surface area contributed by atoms with Crippen molar-refractivity contribution in [3.05, 3.63) is 84.9 Å². The summed E-state index contributed by atoms with van der Waals surface area (Å²) in [4.78, 5) is 31.3. The summed E-state index contributed by atoms with van der Waals surface area (Å²) in [5.74, 6) is 0.260. The van der Waals surface area contributed by atoms with Crippen LogP contribution in [-0.2, 0) is 9.53 Å². The van der Waals surface area contributed by atoms with Crippen LogP contribution in [0.1, 0.15) is 31.0 Å². The van der Waals surface area contributed by atoms with E-state index in [0.717, 1.165) is 5.56 Å². The van der Waals surface area contributed by atoms with Gasteiger partial charge in [-0.15, -0.1) is 0 Å². The van der Waals surface area contributed by atoms with Crippen LogP contribution < -0.4 is 19.6 Å². The Kier molecular flexibility index (Phi) is 5.96. The van der Waals surface area contributed by atoms with Gasteiger partial charge in [-0.3, -0.25) is 9.36 Å². The first-order valence-corrected chi connectivity index (χ1v) is 10.9. The van der Waals surface area contributed by atoms with Crippen molar-refractivity contribution in [3.63, 3.8) is 0 Å². The Morgan fingerprint density at radius 3 is 2.59 bits per heavy atom. The average Bonchev–Trinajstić information content (AvgIpc) is 3.10. The number of ether oxygens (including phenoxy) is 2. The molecule has 0 unspecified atom stereocenters. The predicted molar refractivity (Wildman–Crippen MR) is 122 cm³/mol. The number of thiazole rings is 1. The standard InChI is InChI=1S/C24H22N2O5S/c1-4-31-23(29)20-14(2)26-22(28)19(13-16-7-5-6-8-18(16)27)32-24(26)25-21(20)15-9-11-17(30-3)12-10-15/h5-13,21,27H,4H2,1-3H3/b19-13-/t21-/m1/s1. The van der Waals surface area contributed by atoms with E-state index in [9.17, 15) is 14.7 Å². The van der Waals surface area contributed by atoms with Crippen LogP contribution in [-0.4, -0.2) is 29.4 Å². The molecule has 0 radical (unpaired) electrons. The van der Waals surface area contributed by atoms with Crippen LogP contribution in [0.3, 0.4) is 0 Å². The van der Waals surface area contributed by atoms with Crippen LogP contribution in [0.2, 0.25) is 0 Å². The topological polar surface area (TPSA) is 90.1 Å². The van der Waals surface area contributed by atoms with Gasteiger partial charge in [0.15, 0.2) is 4.80 Å². The van der Waals surface area contributed by atoms with Gasteiger partial charge >= 0.3 is 5.97 Å². The second kappa shape index (κ2) is 8.84. The zero-order valence-corrected chi connectivity index (χ0v) is 18.7. The maximum atomic E-state index is 13.2. The second-order valence-corrected chi connectivity index (χ2v) is 8.13. The van der Waals surface area contributed by atoms with Crippen molar-refractivity contribution in [3.8, 4) is 11.5 Å². The van der Waals surface area contributed by atoms with Crippen molar-refractivity contribution in [2.75, 3.05) is 13.7 Å². The van der Waals surface area contributed by atoms with Crippen molar-refractivity contribution in [1.29, 1.82) is 0 Å². The first-order valence-electron chi connectivity index (χ1n) is 10.1. The zero-order chi connectivity index (χ0) is 22.8. The molecule has 0 saturated carbocycles. The van der Waals surface area contributed by atoms with Crippen molar-refractivity contribution >= 4 is 29.1 Å². The zero-order valence-electron chi connectivity index (χ0n) is 17.9. The van der Waals surface area contributed by atoms with Gasteiger partial charge in [0.1, 0.15) is 17.5 Å². The Morgan fingerprint density at radius 2 is 1.94 bits per heavy atom. The minimum Gasteiger partial charge on any atom is -0.507 e. The number of esters is 1. The number of rotatable bonds is 5. The molecule has 1 aliphatic rings. The van der Waals surface area contributed by atoms with Crippen molar-refractivity contribution in [1.82, 2.24) is 4.57 Å². The average molecular weight is 451 g/mol. The Hall–Kier alpha value is -3.65. The number of aromatic hydroxyl groups is 1. The fraction of sp³-hybridized carbons (Fsp3) is 0.208. The molecule has 4 rings (SSSR count). The molecule has 0 aliphatic carbocycles. The van der Waals surface area contributed by atoms with E-state index in [4.69, 9.17) is 14.5 Å². The Balaban J connectivity index is 1.94. The number of phenolic OH excluding ortho intramolecular Hbond substituents is 1. The lowest BCUT2D eigenvalue weighted by molar-refractivity contribution is -0.138. The third kappa shape index (κ3) is 3.85. The number of fused-ring (bicyclic) bond motifs is 1. The van der Waals surface area contributed by atoms with Gasteiger partial charge in [-0.05, 0) is 43.7 Å². The molecule has 0 saturated heterocycles. The molecule has 1 atom stereocenters. The highest BCUT2D eigenvalue weighted by Gasteiger charge is 2.31. The van der Waals surface area contributed by atoms with Gasteiger partial charge in [-0.25, -0.2) is 9.79 Å². The van der Waals surface area contributed by atoms with Gasteiger partial charge in [0.2, 0.25) is 0 Å². The largest absolute Gasteiger partial charge is 0.507 e. The highest BCUT2D eigenvalue weighted by atomic mass is 32.1. The molecule has 1 aromatic heterocycles. The first kappa shape index (κ1) is 21.6. The Bertz CT molecular complexity index is 1380. The van der Waals surface area contributed by atoms with Gasteiger partial charge in [-0.2, -0.15) is 0 Å². The molecular weight excluding hydrogens is 428 g/mol. The van der Waals surface area contributed by atoms with Crippen LogP contribution >= 0.6 is 11.3 Å².